The summed E-state index contributed by atoms with van der Waals surface area (Å²) in [6.45, 7) is 0. The number of rotatable bonds is 7. The number of nitrogen functional groups attached to an aromatic ring is 1. The highest BCUT2D eigenvalue weighted by molar-refractivity contribution is 6.11. The van der Waals surface area contributed by atoms with Crippen LogP contribution in [0.25, 0.3) is 5.65 Å². The largest absolute Gasteiger partial charge is 0.398 e. The Bertz CT molecular complexity index is 1170. The molecule has 0 aliphatic heterocycles. The van der Waals surface area contributed by atoms with Crippen molar-refractivity contribution in [2.45, 2.75) is 37.7 Å². The standard InChI is InChI=1S/C21H28BN9O2/c1-25-14-9-17(28-13-7-11(19(22)32)8-15(18(13)23)30(2)24)29-31-16(10-26-20(14)31)21(33)27-12-5-3-4-6-12/h7-10,12,19,25,32H,3-6,23-24H2,1-2H3,(H,27,33)(H,28,29). The highest BCUT2D eigenvalue weighted by Gasteiger charge is 2.22. The number of anilines is 5. The van der Waals surface area contributed by atoms with Crippen molar-refractivity contribution in [3.8, 4) is 0 Å². The molecule has 4 rings (SSSR count). The Balaban J connectivity index is 1.73. The van der Waals surface area contributed by atoms with Gasteiger partial charge in [-0.2, -0.15) is 0 Å². The molecule has 1 aromatic carbocycles. The molecule has 1 amide bonds. The number of nitrogens with two attached hydrogens (primary N) is 2. The number of carbonyl (C=O) groups excluding carboxylic acids is 1. The maximum Gasteiger partial charge on any atom is 0.271 e. The summed E-state index contributed by atoms with van der Waals surface area (Å²) in [5.74, 6) is 6.07. The number of imidazole rings is 1. The Labute approximate surface area is 192 Å². The minimum atomic E-state index is -1.22. The number of aliphatic hydroxyl groups excluding tert-OH is 1. The zero-order valence-corrected chi connectivity index (χ0v) is 18.7. The molecule has 2 heterocycles. The number of aromatic nitrogens is 3. The van der Waals surface area contributed by atoms with Gasteiger partial charge in [-0.3, -0.25) is 4.79 Å². The van der Waals surface area contributed by atoms with E-state index in [2.05, 4.69) is 26.0 Å². The maximum absolute atomic E-state index is 12.9. The quantitative estimate of drug-likeness (QED) is 0.135. The molecule has 0 spiro atoms. The summed E-state index contributed by atoms with van der Waals surface area (Å²) in [4.78, 5) is 17.3. The van der Waals surface area contributed by atoms with Crippen LogP contribution in [-0.4, -0.2) is 53.6 Å². The van der Waals surface area contributed by atoms with E-state index in [0.717, 1.165) is 25.7 Å². The van der Waals surface area contributed by atoms with Crippen LogP contribution in [0.4, 0.5) is 28.6 Å². The number of aliphatic hydroxyl groups is 1. The van der Waals surface area contributed by atoms with Gasteiger partial charge in [-0.15, -0.1) is 5.10 Å². The van der Waals surface area contributed by atoms with E-state index in [1.165, 1.54) is 15.7 Å². The zero-order valence-electron chi connectivity index (χ0n) is 18.7. The molecule has 1 fully saturated rings. The first-order valence-electron chi connectivity index (χ1n) is 10.8. The fraction of sp³-hybridized carbons (Fsp3) is 0.381. The number of hydrogen-bond acceptors (Lipinski definition) is 9. The molecule has 12 heteroatoms. The fourth-order valence-corrected chi connectivity index (χ4v) is 4.06. The van der Waals surface area contributed by atoms with Crippen molar-refractivity contribution in [3.63, 3.8) is 0 Å². The summed E-state index contributed by atoms with van der Waals surface area (Å²) in [5.41, 5.74) is 9.52. The van der Waals surface area contributed by atoms with Crippen LogP contribution in [0.5, 0.6) is 0 Å². The number of hydrogen-bond donors (Lipinski definition) is 6. The smallest absolute Gasteiger partial charge is 0.271 e. The summed E-state index contributed by atoms with van der Waals surface area (Å²) in [5, 5.41) is 25.1. The number of hydrazine groups is 1. The number of benzene rings is 1. The van der Waals surface area contributed by atoms with E-state index in [1.54, 1.807) is 32.3 Å². The van der Waals surface area contributed by atoms with Gasteiger partial charge in [-0.1, -0.05) is 12.8 Å². The third-order valence-corrected chi connectivity index (χ3v) is 5.82. The number of nitrogens with zero attached hydrogens (tertiary/aromatic N) is 4. The van der Waals surface area contributed by atoms with Crippen molar-refractivity contribution in [1.82, 2.24) is 19.9 Å². The summed E-state index contributed by atoms with van der Waals surface area (Å²) >= 11 is 0. The summed E-state index contributed by atoms with van der Waals surface area (Å²) in [6, 6.07) is 3.94. The van der Waals surface area contributed by atoms with Crippen LogP contribution in [0.1, 0.15) is 47.7 Å². The van der Waals surface area contributed by atoms with E-state index in [-0.39, 0.29) is 11.9 Å². The van der Waals surface area contributed by atoms with E-state index >= 15 is 0 Å². The second-order valence-corrected chi connectivity index (χ2v) is 8.21. The second-order valence-electron chi connectivity index (χ2n) is 8.21. The summed E-state index contributed by atoms with van der Waals surface area (Å²) in [7, 11) is 9.06. The van der Waals surface area contributed by atoms with Gasteiger partial charge >= 0.3 is 0 Å². The Hall–Kier alpha value is -3.51. The number of nitrogens with one attached hydrogen (secondary N) is 3. The van der Waals surface area contributed by atoms with Crippen molar-refractivity contribution >= 4 is 48.0 Å². The fourth-order valence-electron chi connectivity index (χ4n) is 4.06. The van der Waals surface area contributed by atoms with Gasteiger partial charge in [0.1, 0.15) is 7.85 Å². The lowest BCUT2D eigenvalue weighted by molar-refractivity contribution is 0.0931. The predicted octanol–water partition coefficient (Wildman–Crippen LogP) is 1.24. The van der Waals surface area contributed by atoms with Crippen molar-refractivity contribution in [2.24, 2.45) is 5.84 Å². The molecule has 1 aliphatic carbocycles. The molecule has 11 nitrogen and oxygen atoms in total. The third kappa shape index (κ3) is 4.52. The van der Waals surface area contributed by atoms with E-state index in [4.69, 9.17) is 19.4 Å². The van der Waals surface area contributed by atoms with E-state index in [0.29, 0.717) is 45.5 Å². The van der Waals surface area contributed by atoms with Crippen LogP contribution >= 0.6 is 0 Å². The average molecular weight is 449 g/mol. The van der Waals surface area contributed by atoms with Crippen molar-refractivity contribution < 1.29 is 9.90 Å². The third-order valence-electron chi connectivity index (χ3n) is 5.82. The maximum atomic E-state index is 12.9. The highest BCUT2D eigenvalue weighted by atomic mass is 16.3. The highest BCUT2D eigenvalue weighted by Crippen LogP contribution is 2.35. The summed E-state index contributed by atoms with van der Waals surface area (Å²) < 4.78 is 1.49. The van der Waals surface area contributed by atoms with Crippen LogP contribution in [0.2, 0.25) is 0 Å². The molecule has 1 saturated carbocycles. The lowest BCUT2D eigenvalue weighted by atomic mass is 9.91. The van der Waals surface area contributed by atoms with Crippen molar-refractivity contribution in [3.05, 3.63) is 35.7 Å². The zero-order chi connectivity index (χ0) is 23.7. The van der Waals surface area contributed by atoms with Gasteiger partial charge in [0, 0.05) is 32.2 Å². The second kappa shape index (κ2) is 9.16. The molecule has 2 aromatic heterocycles. The number of carbonyl (C=O) groups is 1. The molecular formula is C21H28BN9O2. The monoisotopic (exact) mass is 449 g/mol. The van der Waals surface area contributed by atoms with Crippen LogP contribution < -0.4 is 32.5 Å². The molecule has 33 heavy (non-hydrogen) atoms. The predicted molar refractivity (Wildman–Crippen MR) is 130 cm³/mol. The minimum absolute atomic E-state index is 0.171. The SMILES string of the molecule is [B]C(O)c1cc(Nc2cc(NC)c3ncc(C(=O)NC4CCCC4)n3n2)c(N)c(N(C)N)c1. The van der Waals surface area contributed by atoms with Crippen LogP contribution in [-0.2, 0) is 0 Å². The Kier molecular flexibility index (Phi) is 6.30. The van der Waals surface area contributed by atoms with Crippen molar-refractivity contribution in [1.29, 1.82) is 0 Å². The van der Waals surface area contributed by atoms with Gasteiger partial charge in [0.05, 0.1) is 28.9 Å². The minimum Gasteiger partial charge on any atom is -0.398 e. The molecule has 8 N–H and O–H groups in total. The number of amides is 1. The molecule has 1 aliphatic rings. The lowest BCUT2D eigenvalue weighted by Crippen LogP contribution is -2.33. The first kappa shape index (κ1) is 22.7. The first-order chi connectivity index (χ1) is 15.8. The van der Waals surface area contributed by atoms with Gasteiger partial charge in [-0.25, -0.2) is 15.3 Å². The van der Waals surface area contributed by atoms with Gasteiger partial charge in [0.2, 0.25) is 0 Å². The van der Waals surface area contributed by atoms with Crippen molar-refractivity contribution in [2.75, 3.05) is 35.5 Å². The molecule has 0 bridgehead atoms. The Morgan fingerprint density at radius 2 is 2.03 bits per heavy atom. The molecule has 2 radical (unpaired) electrons. The van der Waals surface area contributed by atoms with Crippen LogP contribution in [0, 0.1) is 0 Å². The Morgan fingerprint density at radius 1 is 1.30 bits per heavy atom. The van der Waals surface area contributed by atoms with E-state index in [1.807, 2.05) is 0 Å². The molecule has 0 saturated heterocycles. The molecule has 1 atom stereocenters. The van der Waals surface area contributed by atoms with Gasteiger partial charge in [0.15, 0.2) is 17.2 Å². The molecular weight excluding hydrogens is 421 g/mol. The topological polar surface area (TPSA) is 159 Å². The van der Waals surface area contributed by atoms with Crippen LogP contribution in [0.15, 0.2) is 24.4 Å². The first-order valence-corrected chi connectivity index (χ1v) is 10.8. The molecule has 3 aromatic rings. The van der Waals surface area contributed by atoms with Crippen LogP contribution in [0.3, 0.4) is 0 Å². The van der Waals surface area contributed by atoms with E-state index < -0.39 is 6.00 Å². The Morgan fingerprint density at radius 3 is 2.67 bits per heavy atom. The lowest BCUT2D eigenvalue weighted by Gasteiger charge is -2.21. The number of fused-ring (bicyclic) bond motifs is 1. The normalized spacial score (nSPS) is 14.9. The van der Waals surface area contributed by atoms with E-state index in [9.17, 15) is 9.90 Å². The summed E-state index contributed by atoms with van der Waals surface area (Å²) in [6.07, 6.45) is 5.70. The molecule has 1 unspecified atom stereocenters. The van der Waals surface area contributed by atoms with Gasteiger partial charge < -0.3 is 31.8 Å². The molecule has 172 valence electrons. The van der Waals surface area contributed by atoms with Gasteiger partial charge in [0.25, 0.3) is 5.91 Å². The van der Waals surface area contributed by atoms with Gasteiger partial charge in [-0.05, 0) is 30.5 Å². The average Bonchev–Trinajstić information content (AvgIpc) is 3.44.